The van der Waals surface area contributed by atoms with Gasteiger partial charge in [0, 0.05) is 25.3 Å². The molecular formula is C13H22N4O. The van der Waals surface area contributed by atoms with Gasteiger partial charge in [0.2, 0.25) is 0 Å². The largest absolute Gasteiger partial charge is 0.352 e. The fourth-order valence-electron chi connectivity index (χ4n) is 2.45. The zero-order chi connectivity index (χ0) is 12.8. The number of rotatable bonds is 5. The maximum absolute atomic E-state index is 11.6. The number of amides is 1. The second-order valence-corrected chi connectivity index (χ2v) is 4.98. The molecule has 2 N–H and O–H groups in total. The van der Waals surface area contributed by atoms with Gasteiger partial charge in [0.05, 0.1) is 11.8 Å². The van der Waals surface area contributed by atoms with Gasteiger partial charge in [0.15, 0.2) is 0 Å². The second kappa shape index (κ2) is 6.54. The molecule has 1 amide bonds. The lowest BCUT2D eigenvalue weighted by Gasteiger charge is -2.33. The fourth-order valence-corrected chi connectivity index (χ4v) is 2.45. The van der Waals surface area contributed by atoms with E-state index in [1.807, 2.05) is 0 Å². The Labute approximate surface area is 108 Å². The highest BCUT2D eigenvalue weighted by molar-refractivity contribution is 5.93. The third kappa shape index (κ3) is 3.57. The van der Waals surface area contributed by atoms with E-state index in [9.17, 15) is 4.79 Å². The quantitative estimate of drug-likeness (QED) is 0.777. The van der Waals surface area contributed by atoms with E-state index in [0.29, 0.717) is 11.6 Å². The summed E-state index contributed by atoms with van der Waals surface area (Å²) in [4.78, 5) is 14.2. The molecule has 5 nitrogen and oxygen atoms in total. The summed E-state index contributed by atoms with van der Waals surface area (Å²) in [6.45, 7) is 5.31. The average molecular weight is 250 g/mol. The summed E-state index contributed by atoms with van der Waals surface area (Å²) in [5, 5.41) is 9.31. The lowest BCUT2D eigenvalue weighted by molar-refractivity contribution is 0.0949. The lowest BCUT2D eigenvalue weighted by Crippen LogP contribution is -2.39. The van der Waals surface area contributed by atoms with Gasteiger partial charge in [0.25, 0.3) is 5.91 Å². The van der Waals surface area contributed by atoms with Crippen LogP contribution in [-0.2, 0) is 0 Å². The van der Waals surface area contributed by atoms with Crippen LogP contribution in [-0.4, -0.2) is 46.7 Å². The summed E-state index contributed by atoms with van der Waals surface area (Å²) in [5.41, 5.74) is 0.598. The van der Waals surface area contributed by atoms with Gasteiger partial charge in [0.1, 0.15) is 0 Å². The third-order valence-corrected chi connectivity index (χ3v) is 3.61. The zero-order valence-electron chi connectivity index (χ0n) is 11.0. The minimum Gasteiger partial charge on any atom is -0.352 e. The van der Waals surface area contributed by atoms with Crippen molar-refractivity contribution in [3.63, 3.8) is 0 Å². The molecule has 2 heterocycles. The first-order chi connectivity index (χ1) is 8.77. The van der Waals surface area contributed by atoms with Gasteiger partial charge in [-0.25, -0.2) is 0 Å². The van der Waals surface area contributed by atoms with Crippen LogP contribution in [0.5, 0.6) is 0 Å². The molecule has 18 heavy (non-hydrogen) atoms. The van der Waals surface area contributed by atoms with Crippen molar-refractivity contribution in [2.45, 2.75) is 38.6 Å². The number of hydrogen-bond acceptors (Lipinski definition) is 3. The predicted octanol–water partition coefficient (Wildman–Crippen LogP) is 1.40. The first-order valence-corrected chi connectivity index (χ1v) is 6.78. The highest BCUT2D eigenvalue weighted by atomic mass is 16.1. The van der Waals surface area contributed by atoms with Crippen molar-refractivity contribution in [1.82, 2.24) is 20.4 Å². The standard InChI is InChI=1S/C13H22N4O/c1-11-5-2-3-7-17(11)8-4-6-14-13(18)12-9-15-16-10-12/h9-11H,2-8H2,1H3,(H,14,18)(H,15,16). The molecule has 1 aliphatic rings. The van der Waals surface area contributed by atoms with E-state index in [0.717, 1.165) is 19.5 Å². The molecule has 0 saturated carbocycles. The van der Waals surface area contributed by atoms with Crippen molar-refractivity contribution in [3.05, 3.63) is 18.0 Å². The SMILES string of the molecule is CC1CCCCN1CCCNC(=O)c1cn[nH]c1. The van der Waals surface area contributed by atoms with Crippen molar-refractivity contribution in [1.29, 1.82) is 0 Å². The molecule has 1 unspecified atom stereocenters. The van der Waals surface area contributed by atoms with Crippen LogP contribution in [0.25, 0.3) is 0 Å². The molecule has 1 atom stereocenters. The maximum Gasteiger partial charge on any atom is 0.254 e. The Morgan fingerprint density at radius 2 is 2.50 bits per heavy atom. The van der Waals surface area contributed by atoms with Gasteiger partial charge in [-0.05, 0) is 32.7 Å². The summed E-state index contributed by atoms with van der Waals surface area (Å²) in [7, 11) is 0. The number of carbonyl (C=O) groups excluding carboxylic acids is 1. The van der Waals surface area contributed by atoms with Crippen LogP contribution in [0.3, 0.4) is 0 Å². The molecule has 2 rings (SSSR count). The van der Waals surface area contributed by atoms with Gasteiger partial charge in [-0.15, -0.1) is 0 Å². The number of aromatic amines is 1. The van der Waals surface area contributed by atoms with Gasteiger partial charge in [-0.1, -0.05) is 6.42 Å². The Morgan fingerprint density at radius 3 is 3.22 bits per heavy atom. The smallest absolute Gasteiger partial charge is 0.254 e. The van der Waals surface area contributed by atoms with Gasteiger partial charge >= 0.3 is 0 Å². The molecule has 1 aromatic heterocycles. The van der Waals surface area contributed by atoms with Gasteiger partial charge < -0.3 is 10.2 Å². The number of nitrogens with one attached hydrogen (secondary N) is 2. The molecule has 1 fully saturated rings. The monoisotopic (exact) mass is 250 g/mol. The number of likely N-dealkylation sites (tertiary alicyclic amines) is 1. The van der Waals surface area contributed by atoms with E-state index in [1.54, 1.807) is 12.4 Å². The number of nitrogens with zero attached hydrogens (tertiary/aromatic N) is 2. The summed E-state index contributed by atoms with van der Waals surface area (Å²) in [6.07, 6.45) is 8.14. The van der Waals surface area contributed by atoms with Gasteiger partial charge in [-0.2, -0.15) is 5.10 Å². The molecule has 1 saturated heterocycles. The fraction of sp³-hybridized carbons (Fsp3) is 0.692. The van der Waals surface area contributed by atoms with E-state index in [-0.39, 0.29) is 5.91 Å². The topological polar surface area (TPSA) is 61.0 Å². The molecular weight excluding hydrogens is 228 g/mol. The van der Waals surface area contributed by atoms with E-state index in [2.05, 4.69) is 27.3 Å². The first kappa shape index (κ1) is 13.1. The average Bonchev–Trinajstić information content (AvgIpc) is 2.90. The van der Waals surface area contributed by atoms with Gasteiger partial charge in [-0.3, -0.25) is 9.89 Å². The highest BCUT2D eigenvalue weighted by Gasteiger charge is 2.17. The Balaban J connectivity index is 1.62. The van der Waals surface area contributed by atoms with Crippen molar-refractivity contribution < 1.29 is 4.79 Å². The zero-order valence-corrected chi connectivity index (χ0v) is 11.0. The number of hydrogen-bond donors (Lipinski definition) is 2. The number of carbonyl (C=O) groups is 1. The molecule has 1 aromatic rings. The van der Waals surface area contributed by atoms with Crippen molar-refractivity contribution in [3.8, 4) is 0 Å². The van der Waals surface area contributed by atoms with Crippen LogP contribution in [0.2, 0.25) is 0 Å². The third-order valence-electron chi connectivity index (χ3n) is 3.61. The molecule has 100 valence electrons. The molecule has 1 aliphatic heterocycles. The van der Waals surface area contributed by atoms with E-state index >= 15 is 0 Å². The Kier molecular flexibility index (Phi) is 4.75. The van der Waals surface area contributed by atoms with Crippen LogP contribution in [0.15, 0.2) is 12.4 Å². The van der Waals surface area contributed by atoms with Crippen molar-refractivity contribution in [2.75, 3.05) is 19.6 Å². The molecule has 0 bridgehead atoms. The normalized spacial score (nSPS) is 20.8. The van der Waals surface area contributed by atoms with Crippen LogP contribution in [0.4, 0.5) is 0 Å². The minimum absolute atomic E-state index is 0.0459. The molecule has 0 aliphatic carbocycles. The van der Waals surface area contributed by atoms with Crippen molar-refractivity contribution >= 4 is 5.91 Å². The van der Waals surface area contributed by atoms with E-state index in [4.69, 9.17) is 0 Å². The molecule has 0 spiro atoms. The molecule has 5 heteroatoms. The summed E-state index contributed by atoms with van der Waals surface area (Å²) in [5.74, 6) is -0.0459. The number of piperidine rings is 1. The van der Waals surface area contributed by atoms with Crippen LogP contribution >= 0.6 is 0 Å². The first-order valence-electron chi connectivity index (χ1n) is 6.78. The summed E-state index contributed by atoms with van der Waals surface area (Å²) >= 11 is 0. The number of H-pyrrole nitrogens is 1. The predicted molar refractivity (Wildman–Crippen MR) is 70.4 cm³/mol. The molecule has 0 radical (unpaired) electrons. The minimum atomic E-state index is -0.0459. The van der Waals surface area contributed by atoms with E-state index < -0.39 is 0 Å². The van der Waals surface area contributed by atoms with Crippen LogP contribution in [0.1, 0.15) is 43.0 Å². The molecule has 0 aromatic carbocycles. The Hall–Kier alpha value is -1.36. The van der Waals surface area contributed by atoms with E-state index in [1.165, 1.54) is 25.8 Å². The summed E-state index contributed by atoms with van der Waals surface area (Å²) in [6, 6.07) is 0.698. The van der Waals surface area contributed by atoms with Crippen LogP contribution < -0.4 is 5.32 Å². The lowest BCUT2D eigenvalue weighted by atomic mass is 10.0. The maximum atomic E-state index is 11.6. The Bertz CT molecular complexity index is 363. The van der Waals surface area contributed by atoms with Crippen LogP contribution in [0, 0.1) is 0 Å². The number of aromatic nitrogens is 2. The Morgan fingerprint density at radius 1 is 1.61 bits per heavy atom. The highest BCUT2D eigenvalue weighted by Crippen LogP contribution is 2.15. The summed E-state index contributed by atoms with van der Waals surface area (Å²) < 4.78 is 0. The second-order valence-electron chi connectivity index (χ2n) is 4.98. The van der Waals surface area contributed by atoms with Crippen molar-refractivity contribution in [2.24, 2.45) is 0 Å².